The zero-order valence-corrected chi connectivity index (χ0v) is 15.6. The molecule has 2 N–H and O–H groups in total. The maximum atomic E-state index is 12.9. The predicted molar refractivity (Wildman–Crippen MR) is 111 cm³/mol. The second kappa shape index (κ2) is 6.56. The number of methoxy groups -OCH3 is 1. The van der Waals surface area contributed by atoms with Crippen LogP contribution in [0.2, 0.25) is 0 Å². The molecule has 5 nitrogen and oxygen atoms in total. The standard InChI is InChI=1S/C24H17NO4/c1-28-15-10-11-18-16(12-15)17(23(25-18)14-6-3-2-4-7-14)13-21-24(27)22-19(26)8-5-9-20(22)29-21/h2-13,25-26H,1H3/b21-13-. The summed E-state index contributed by atoms with van der Waals surface area (Å²) in [5, 5.41) is 11.0. The van der Waals surface area contributed by atoms with Gasteiger partial charge in [0.1, 0.15) is 22.8 Å². The van der Waals surface area contributed by atoms with Crippen molar-refractivity contribution in [2.75, 3.05) is 7.11 Å². The molecule has 5 rings (SSSR count). The average molecular weight is 383 g/mol. The summed E-state index contributed by atoms with van der Waals surface area (Å²) in [5.74, 6) is 0.826. The van der Waals surface area contributed by atoms with Crippen LogP contribution in [0.25, 0.3) is 28.2 Å². The van der Waals surface area contributed by atoms with Crippen molar-refractivity contribution in [3.8, 4) is 28.5 Å². The Morgan fingerprint density at radius 2 is 1.86 bits per heavy atom. The number of allylic oxidation sites excluding steroid dienone is 1. The summed E-state index contributed by atoms with van der Waals surface area (Å²) in [7, 11) is 1.62. The van der Waals surface area contributed by atoms with Crippen LogP contribution in [0.5, 0.6) is 17.2 Å². The highest BCUT2D eigenvalue weighted by Gasteiger charge is 2.31. The minimum absolute atomic E-state index is 0.0835. The Bertz CT molecular complexity index is 1290. The Kier molecular flexibility index (Phi) is 3.88. The number of ketones is 1. The molecule has 2 heterocycles. The van der Waals surface area contributed by atoms with E-state index in [9.17, 15) is 9.90 Å². The van der Waals surface area contributed by atoms with Crippen LogP contribution in [0.1, 0.15) is 15.9 Å². The molecule has 0 atom stereocenters. The molecule has 0 saturated heterocycles. The third-order valence-electron chi connectivity index (χ3n) is 5.06. The maximum absolute atomic E-state index is 12.9. The molecule has 0 radical (unpaired) electrons. The molecule has 4 aromatic rings. The van der Waals surface area contributed by atoms with E-state index in [0.29, 0.717) is 5.75 Å². The van der Waals surface area contributed by atoms with Crippen LogP contribution in [0, 0.1) is 0 Å². The number of aromatic amines is 1. The van der Waals surface area contributed by atoms with Gasteiger partial charge in [-0.3, -0.25) is 4.79 Å². The molecule has 0 fully saturated rings. The van der Waals surface area contributed by atoms with Gasteiger partial charge in [-0.05, 0) is 42.0 Å². The van der Waals surface area contributed by atoms with Crippen LogP contribution in [-0.4, -0.2) is 23.0 Å². The number of aromatic hydroxyl groups is 1. The zero-order valence-electron chi connectivity index (χ0n) is 15.6. The molecule has 1 aromatic heterocycles. The highest BCUT2D eigenvalue weighted by Crippen LogP contribution is 2.40. The van der Waals surface area contributed by atoms with E-state index in [-0.39, 0.29) is 22.9 Å². The summed E-state index contributed by atoms with van der Waals surface area (Å²) in [5.41, 5.74) is 3.79. The number of nitrogens with one attached hydrogen (secondary N) is 1. The van der Waals surface area contributed by atoms with Crippen LogP contribution in [0.4, 0.5) is 0 Å². The molecular weight excluding hydrogens is 366 g/mol. The van der Waals surface area contributed by atoms with Gasteiger partial charge in [-0.2, -0.15) is 0 Å². The normalized spacial score (nSPS) is 14.2. The number of carbonyl (C=O) groups is 1. The Morgan fingerprint density at radius 3 is 2.62 bits per heavy atom. The summed E-state index contributed by atoms with van der Waals surface area (Å²) >= 11 is 0. The first-order chi connectivity index (χ1) is 14.2. The first-order valence-corrected chi connectivity index (χ1v) is 9.17. The van der Waals surface area contributed by atoms with E-state index in [0.717, 1.165) is 33.5 Å². The van der Waals surface area contributed by atoms with Crippen molar-refractivity contribution in [1.29, 1.82) is 0 Å². The number of phenolic OH excluding ortho intramolecular Hbond substituents is 1. The maximum Gasteiger partial charge on any atom is 0.235 e. The van der Waals surface area contributed by atoms with Gasteiger partial charge in [0, 0.05) is 16.5 Å². The van der Waals surface area contributed by atoms with Crippen molar-refractivity contribution < 1.29 is 19.4 Å². The summed E-state index contributed by atoms with van der Waals surface area (Å²) in [6, 6.07) is 20.4. The molecule has 1 aliphatic heterocycles. The minimum atomic E-state index is -0.339. The second-order valence-electron chi connectivity index (χ2n) is 6.78. The minimum Gasteiger partial charge on any atom is -0.507 e. The van der Waals surface area contributed by atoms with Gasteiger partial charge in [0.2, 0.25) is 5.78 Å². The Labute approximate surface area is 166 Å². The van der Waals surface area contributed by atoms with Crippen LogP contribution >= 0.6 is 0 Å². The Balaban J connectivity index is 1.73. The Hall–Kier alpha value is -3.99. The molecule has 0 amide bonds. The van der Waals surface area contributed by atoms with Crippen LogP contribution in [0.3, 0.4) is 0 Å². The van der Waals surface area contributed by atoms with E-state index < -0.39 is 0 Å². The first-order valence-electron chi connectivity index (χ1n) is 9.17. The smallest absolute Gasteiger partial charge is 0.235 e. The number of aromatic nitrogens is 1. The number of rotatable bonds is 3. The second-order valence-corrected chi connectivity index (χ2v) is 6.78. The molecule has 0 aliphatic carbocycles. The summed E-state index contributed by atoms with van der Waals surface area (Å²) in [6.45, 7) is 0. The third-order valence-corrected chi connectivity index (χ3v) is 5.06. The molecule has 0 saturated carbocycles. The summed E-state index contributed by atoms with van der Waals surface area (Å²) in [6.07, 6.45) is 1.72. The number of Topliss-reactive ketones (excluding diaryl/α,β-unsaturated/α-hetero) is 1. The number of hydrogen-bond donors (Lipinski definition) is 2. The number of phenols is 1. The lowest BCUT2D eigenvalue weighted by Crippen LogP contribution is -1.98. The highest BCUT2D eigenvalue weighted by atomic mass is 16.5. The van der Waals surface area contributed by atoms with E-state index in [2.05, 4.69) is 4.98 Å². The van der Waals surface area contributed by atoms with E-state index in [1.165, 1.54) is 6.07 Å². The average Bonchev–Trinajstić information content (AvgIpc) is 3.27. The van der Waals surface area contributed by atoms with E-state index >= 15 is 0 Å². The van der Waals surface area contributed by atoms with Crippen molar-refractivity contribution in [1.82, 2.24) is 4.98 Å². The fourth-order valence-corrected chi connectivity index (χ4v) is 3.65. The lowest BCUT2D eigenvalue weighted by atomic mass is 10.0. The number of carbonyl (C=O) groups excluding carboxylic acids is 1. The van der Waals surface area contributed by atoms with Crippen molar-refractivity contribution in [2.24, 2.45) is 0 Å². The van der Waals surface area contributed by atoms with Crippen molar-refractivity contribution in [2.45, 2.75) is 0 Å². The molecule has 142 valence electrons. The van der Waals surface area contributed by atoms with Gasteiger partial charge in [0.05, 0.1) is 12.8 Å². The Morgan fingerprint density at radius 1 is 1.03 bits per heavy atom. The largest absolute Gasteiger partial charge is 0.507 e. The lowest BCUT2D eigenvalue weighted by molar-refractivity contribution is 0.101. The number of ether oxygens (including phenoxy) is 2. The first kappa shape index (κ1) is 17.1. The summed E-state index contributed by atoms with van der Waals surface area (Å²) < 4.78 is 11.2. The molecule has 0 unspecified atom stereocenters. The van der Waals surface area contributed by atoms with E-state index in [1.54, 1.807) is 25.3 Å². The van der Waals surface area contributed by atoms with Gasteiger partial charge in [0.25, 0.3) is 0 Å². The van der Waals surface area contributed by atoms with Crippen molar-refractivity contribution >= 4 is 22.8 Å². The van der Waals surface area contributed by atoms with Crippen LogP contribution in [-0.2, 0) is 0 Å². The summed E-state index contributed by atoms with van der Waals surface area (Å²) in [4.78, 5) is 16.3. The number of fused-ring (bicyclic) bond motifs is 2. The van der Waals surface area contributed by atoms with Crippen molar-refractivity contribution in [3.05, 3.63) is 83.6 Å². The monoisotopic (exact) mass is 383 g/mol. The topological polar surface area (TPSA) is 71.6 Å². The van der Waals surface area contributed by atoms with Crippen molar-refractivity contribution in [3.63, 3.8) is 0 Å². The van der Waals surface area contributed by atoms with E-state index in [4.69, 9.17) is 9.47 Å². The number of hydrogen-bond acceptors (Lipinski definition) is 4. The number of H-pyrrole nitrogens is 1. The molecule has 29 heavy (non-hydrogen) atoms. The fraction of sp³-hybridized carbons (Fsp3) is 0.0417. The van der Waals surface area contributed by atoms with Gasteiger partial charge in [-0.25, -0.2) is 0 Å². The molecule has 5 heteroatoms. The molecule has 0 spiro atoms. The third kappa shape index (κ3) is 2.75. The van der Waals surface area contributed by atoms with Gasteiger partial charge >= 0.3 is 0 Å². The quantitative estimate of drug-likeness (QED) is 0.479. The lowest BCUT2D eigenvalue weighted by Gasteiger charge is -2.03. The molecular formula is C24H17NO4. The van der Waals surface area contributed by atoms with Crippen LogP contribution < -0.4 is 9.47 Å². The van der Waals surface area contributed by atoms with Gasteiger partial charge in [-0.15, -0.1) is 0 Å². The molecule has 0 bridgehead atoms. The van der Waals surface area contributed by atoms with E-state index in [1.807, 2.05) is 48.5 Å². The number of benzene rings is 3. The zero-order chi connectivity index (χ0) is 20.0. The molecule has 3 aromatic carbocycles. The SMILES string of the molecule is COc1ccc2[nH]c(-c3ccccc3)c(/C=C3\Oc4cccc(O)c4C3=O)c2c1. The van der Waals surface area contributed by atoms with Gasteiger partial charge in [-0.1, -0.05) is 36.4 Å². The fourth-order valence-electron chi connectivity index (χ4n) is 3.65. The van der Waals surface area contributed by atoms with Crippen LogP contribution in [0.15, 0.2) is 72.5 Å². The van der Waals surface area contributed by atoms with Gasteiger partial charge < -0.3 is 19.6 Å². The highest BCUT2D eigenvalue weighted by molar-refractivity contribution is 6.17. The predicted octanol–water partition coefficient (Wildman–Crippen LogP) is 5.17. The molecule has 1 aliphatic rings. The van der Waals surface area contributed by atoms with Gasteiger partial charge in [0.15, 0.2) is 5.76 Å².